The Balaban J connectivity index is 2.07. The third-order valence-corrected chi connectivity index (χ3v) is 2.87. The van der Waals surface area contributed by atoms with E-state index in [0.717, 1.165) is 5.69 Å². The van der Waals surface area contributed by atoms with Gasteiger partial charge in [0.15, 0.2) is 0 Å². The van der Waals surface area contributed by atoms with Crippen LogP contribution in [0, 0.1) is 19.7 Å². The van der Waals surface area contributed by atoms with Gasteiger partial charge in [0.1, 0.15) is 5.82 Å². The molecule has 0 aliphatic heterocycles. The van der Waals surface area contributed by atoms with Crippen molar-refractivity contribution < 1.29 is 4.39 Å². The summed E-state index contributed by atoms with van der Waals surface area (Å²) in [6.45, 7) is 4.56. The van der Waals surface area contributed by atoms with E-state index in [-0.39, 0.29) is 5.82 Å². The molecule has 0 amide bonds. The van der Waals surface area contributed by atoms with E-state index in [9.17, 15) is 4.39 Å². The van der Waals surface area contributed by atoms with Gasteiger partial charge in [0, 0.05) is 17.8 Å². The van der Waals surface area contributed by atoms with Crippen LogP contribution in [-0.4, -0.2) is 0 Å². The number of halogens is 1. The Kier molecular flexibility index (Phi) is 3.43. The van der Waals surface area contributed by atoms with Gasteiger partial charge < -0.3 is 5.32 Å². The van der Waals surface area contributed by atoms with Crippen LogP contribution in [0.25, 0.3) is 0 Å². The smallest absolute Gasteiger partial charge is 0.128 e. The summed E-state index contributed by atoms with van der Waals surface area (Å²) in [5.74, 6) is -0.168. The average molecular weight is 229 g/mol. The van der Waals surface area contributed by atoms with Gasteiger partial charge in [-0.15, -0.1) is 0 Å². The molecule has 0 saturated carbocycles. The lowest BCUT2D eigenvalue weighted by molar-refractivity contribution is 0.619. The molecular weight excluding hydrogens is 213 g/mol. The molecule has 2 aromatic rings. The van der Waals surface area contributed by atoms with Crippen molar-refractivity contribution >= 4 is 5.69 Å². The van der Waals surface area contributed by atoms with E-state index in [4.69, 9.17) is 0 Å². The van der Waals surface area contributed by atoms with Crippen LogP contribution in [0.15, 0.2) is 42.5 Å². The van der Waals surface area contributed by atoms with Crippen molar-refractivity contribution in [2.75, 3.05) is 5.32 Å². The zero-order valence-corrected chi connectivity index (χ0v) is 10.1. The minimum absolute atomic E-state index is 0.168. The molecule has 0 atom stereocenters. The second-order valence-corrected chi connectivity index (χ2v) is 4.25. The van der Waals surface area contributed by atoms with Crippen LogP contribution in [-0.2, 0) is 6.54 Å². The monoisotopic (exact) mass is 229 g/mol. The molecule has 1 nitrogen and oxygen atoms in total. The average Bonchev–Trinajstić information content (AvgIpc) is 2.33. The normalized spacial score (nSPS) is 10.3. The van der Waals surface area contributed by atoms with Crippen molar-refractivity contribution in [3.63, 3.8) is 0 Å². The molecule has 2 aromatic carbocycles. The first-order chi connectivity index (χ1) is 8.16. The number of rotatable bonds is 3. The fourth-order valence-corrected chi connectivity index (χ4v) is 1.70. The van der Waals surface area contributed by atoms with Crippen LogP contribution in [0.1, 0.15) is 16.7 Å². The summed E-state index contributed by atoms with van der Waals surface area (Å²) in [4.78, 5) is 0. The van der Waals surface area contributed by atoms with Gasteiger partial charge in [0.2, 0.25) is 0 Å². The van der Waals surface area contributed by atoms with Gasteiger partial charge in [-0.25, -0.2) is 4.39 Å². The molecule has 0 bridgehead atoms. The second kappa shape index (κ2) is 5.00. The van der Waals surface area contributed by atoms with Crippen LogP contribution in [0.2, 0.25) is 0 Å². The number of benzene rings is 2. The van der Waals surface area contributed by atoms with E-state index in [1.165, 1.54) is 17.2 Å². The molecule has 0 spiro atoms. The van der Waals surface area contributed by atoms with E-state index < -0.39 is 0 Å². The highest BCUT2D eigenvalue weighted by Crippen LogP contribution is 2.18. The number of nitrogens with one attached hydrogen (secondary N) is 1. The lowest BCUT2D eigenvalue weighted by atomic mass is 10.1. The largest absolute Gasteiger partial charge is 0.381 e. The maximum Gasteiger partial charge on any atom is 0.128 e. The molecule has 17 heavy (non-hydrogen) atoms. The van der Waals surface area contributed by atoms with Gasteiger partial charge in [0.25, 0.3) is 0 Å². The van der Waals surface area contributed by atoms with Gasteiger partial charge >= 0.3 is 0 Å². The summed E-state index contributed by atoms with van der Waals surface area (Å²) in [7, 11) is 0. The Hall–Kier alpha value is -1.83. The SMILES string of the molecule is Cc1ccc(CNc2cccc(F)c2C)cc1. The first kappa shape index (κ1) is 11.6. The van der Waals surface area contributed by atoms with Crippen LogP contribution < -0.4 is 5.32 Å². The summed E-state index contributed by atoms with van der Waals surface area (Å²) in [5, 5.41) is 3.25. The van der Waals surface area contributed by atoms with Gasteiger partial charge in [0.05, 0.1) is 0 Å². The topological polar surface area (TPSA) is 12.0 Å². The van der Waals surface area contributed by atoms with Gasteiger partial charge in [-0.2, -0.15) is 0 Å². The molecule has 0 aromatic heterocycles. The van der Waals surface area contributed by atoms with E-state index in [2.05, 4.69) is 36.5 Å². The van der Waals surface area contributed by atoms with E-state index in [0.29, 0.717) is 12.1 Å². The summed E-state index contributed by atoms with van der Waals surface area (Å²) >= 11 is 0. The zero-order chi connectivity index (χ0) is 12.3. The zero-order valence-electron chi connectivity index (χ0n) is 10.1. The molecule has 0 heterocycles. The highest BCUT2D eigenvalue weighted by molar-refractivity contribution is 5.51. The number of hydrogen-bond donors (Lipinski definition) is 1. The fourth-order valence-electron chi connectivity index (χ4n) is 1.70. The molecule has 2 rings (SSSR count). The minimum Gasteiger partial charge on any atom is -0.381 e. The molecule has 0 aliphatic rings. The number of aryl methyl sites for hydroxylation is 1. The highest BCUT2D eigenvalue weighted by atomic mass is 19.1. The number of anilines is 1. The van der Waals surface area contributed by atoms with Crippen molar-refractivity contribution in [2.45, 2.75) is 20.4 Å². The molecule has 2 heteroatoms. The first-order valence-corrected chi connectivity index (χ1v) is 5.71. The van der Waals surface area contributed by atoms with Gasteiger partial charge in [-0.05, 0) is 31.5 Å². The molecular formula is C15H16FN. The van der Waals surface area contributed by atoms with Crippen molar-refractivity contribution in [2.24, 2.45) is 0 Å². The predicted octanol–water partition coefficient (Wildman–Crippen LogP) is 4.05. The van der Waals surface area contributed by atoms with Crippen molar-refractivity contribution in [3.8, 4) is 0 Å². The Morgan fingerprint density at radius 3 is 2.41 bits per heavy atom. The van der Waals surface area contributed by atoms with Crippen LogP contribution in [0.3, 0.4) is 0 Å². The van der Waals surface area contributed by atoms with E-state index in [1.807, 2.05) is 6.07 Å². The van der Waals surface area contributed by atoms with Gasteiger partial charge in [-0.3, -0.25) is 0 Å². The molecule has 0 saturated heterocycles. The van der Waals surface area contributed by atoms with Gasteiger partial charge in [-0.1, -0.05) is 35.9 Å². The Morgan fingerprint density at radius 1 is 1.00 bits per heavy atom. The maximum absolute atomic E-state index is 13.3. The summed E-state index contributed by atoms with van der Waals surface area (Å²) in [5.41, 5.74) is 3.96. The lowest BCUT2D eigenvalue weighted by Gasteiger charge is -2.10. The minimum atomic E-state index is -0.168. The fraction of sp³-hybridized carbons (Fsp3) is 0.200. The standard InChI is InChI=1S/C15H16FN/c1-11-6-8-13(9-7-11)10-17-15-5-3-4-14(16)12(15)2/h3-9,17H,10H2,1-2H3. The molecule has 1 N–H and O–H groups in total. The third-order valence-electron chi connectivity index (χ3n) is 2.87. The lowest BCUT2D eigenvalue weighted by Crippen LogP contribution is -2.01. The van der Waals surface area contributed by atoms with Crippen molar-refractivity contribution in [1.82, 2.24) is 0 Å². The van der Waals surface area contributed by atoms with Crippen LogP contribution in [0.4, 0.5) is 10.1 Å². The molecule has 0 aliphatic carbocycles. The molecule has 88 valence electrons. The Morgan fingerprint density at radius 2 is 1.71 bits per heavy atom. The highest BCUT2D eigenvalue weighted by Gasteiger charge is 2.02. The van der Waals surface area contributed by atoms with Crippen LogP contribution >= 0.6 is 0 Å². The van der Waals surface area contributed by atoms with E-state index >= 15 is 0 Å². The first-order valence-electron chi connectivity index (χ1n) is 5.71. The van der Waals surface area contributed by atoms with Crippen LogP contribution in [0.5, 0.6) is 0 Å². The quantitative estimate of drug-likeness (QED) is 0.837. The Bertz CT molecular complexity index is 503. The molecule has 0 unspecified atom stereocenters. The van der Waals surface area contributed by atoms with E-state index in [1.54, 1.807) is 13.0 Å². The van der Waals surface area contributed by atoms with Crippen molar-refractivity contribution in [1.29, 1.82) is 0 Å². The number of hydrogen-bond acceptors (Lipinski definition) is 1. The summed E-state index contributed by atoms with van der Waals surface area (Å²) < 4.78 is 13.3. The Labute approximate surface area is 101 Å². The second-order valence-electron chi connectivity index (χ2n) is 4.25. The maximum atomic E-state index is 13.3. The predicted molar refractivity (Wildman–Crippen MR) is 69.6 cm³/mol. The molecule has 0 radical (unpaired) electrons. The summed E-state index contributed by atoms with van der Waals surface area (Å²) in [6.07, 6.45) is 0. The molecule has 0 fully saturated rings. The third kappa shape index (κ3) is 2.84. The van der Waals surface area contributed by atoms with Crippen molar-refractivity contribution in [3.05, 3.63) is 65.0 Å². The summed E-state index contributed by atoms with van der Waals surface area (Å²) in [6, 6.07) is 13.4.